The molecule has 6 nitrogen and oxygen atoms in total. The lowest BCUT2D eigenvalue weighted by atomic mass is 10.0. The Labute approximate surface area is 165 Å². The fourth-order valence-corrected chi connectivity index (χ4v) is 3.62. The lowest BCUT2D eigenvalue weighted by Gasteiger charge is -2.18. The summed E-state index contributed by atoms with van der Waals surface area (Å²) < 4.78 is 16.9. The Morgan fingerprint density at radius 1 is 1.25 bits per heavy atom. The summed E-state index contributed by atoms with van der Waals surface area (Å²) in [5.74, 6) is 0.948. The number of benzene rings is 1. The maximum Gasteiger partial charge on any atom is 0.339 e. The molecule has 2 aromatic rings. The van der Waals surface area contributed by atoms with E-state index in [-0.39, 0.29) is 18.1 Å². The summed E-state index contributed by atoms with van der Waals surface area (Å²) in [5, 5.41) is 0.753. The quantitative estimate of drug-likeness (QED) is 0.538. The SMILES string of the molecule is CCCOCC1CCN(C(=O)COc2cc(C)cc3oc(=O)c(C)c(C)c23)C1. The summed E-state index contributed by atoms with van der Waals surface area (Å²) in [7, 11) is 0. The van der Waals surface area contributed by atoms with Crippen molar-refractivity contribution in [2.24, 2.45) is 5.92 Å². The molecule has 0 radical (unpaired) electrons. The molecule has 3 rings (SSSR count). The van der Waals surface area contributed by atoms with Crippen LogP contribution in [-0.4, -0.2) is 43.7 Å². The van der Waals surface area contributed by atoms with Crippen molar-refractivity contribution in [2.45, 2.75) is 40.5 Å². The average molecular weight is 387 g/mol. The number of rotatable bonds is 7. The van der Waals surface area contributed by atoms with Crippen LogP contribution in [0.5, 0.6) is 5.75 Å². The standard InChI is InChI=1S/C22H29NO5/c1-5-8-26-12-17-6-7-23(11-17)20(24)13-27-18-9-14(2)10-19-21(18)15(3)16(4)22(25)28-19/h9-10,17H,5-8,11-13H2,1-4H3. The molecular formula is C22H29NO5. The Balaban J connectivity index is 1.69. The molecule has 0 saturated carbocycles. The molecule has 0 N–H and O–H groups in total. The van der Waals surface area contributed by atoms with Crippen molar-refractivity contribution in [2.75, 3.05) is 32.9 Å². The third-order valence-corrected chi connectivity index (χ3v) is 5.35. The molecule has 1 atom stereocenters. The number of aryl methyl sites for hydroxylation is 2. The maximum absolute atomic E-state index is 12.6. The Morgan fingerprint density at radius 3 is 2.79 bits per heavy atom. The number of amides is 1. The Hall–Kier alpha value is -2.34. The zero-order valence-electron chi connectivity index (χ0n) is 17.2. The van der Waals surface area contributed by atoms with E-state index in [1.807, 2.05) is 30.9 Å². The van der Waals surface area contributed by atoms with Gasteiger partial charge < -0.3 is 18.8 Å². The molecule has 1 unspecified atom stereocenters. The second kappa shape index (κ2) is 8.78. The highest BCUT2D eigenvalue weighted by Crippen LogP contribution is 2.31. The van der Waals surface area contributed by atoms with E-state index in [1.54, 1.807) is 6.92 Å². The van der Waals surface area contributed by atoms with Gasteiger partial charge in [-0.25, -0.2) is 4.79 Å². The van der Waals surface area contributed by atoms with Gasteiger partial charge in [0, 0.05) is 31.2 Å². The minimum absolute atomic E-state index is 0.0283. The van der Waals surface area contributed by atoms with Crippen molar-refractivity contribution in [1.29, 1.82) is 0 Å². The third-order valence-electron chi connectivity index (χ3n) is 5.35. The van der Waals surface area contributed by atoms with Gasteiger partial charge in [0.2, 0.25) is 0 Å². The van der Waals surface area contributed by atoms with Crippen LogP contribution in [0, 0.1) is 26.7 Å². The lowest BCUT2D eigenvalue weighted by molar-refractivity contribution is -0.132. The minimum atomic E-state index is -0.342. The van der Waals surface area contributed by atoms with E-state index < -0.39 is 0 Å². The van der Waals surface area contributed by atoms with Gasteiger partial charge in [0.15, 0.2) is 6.61 Å². The molecule has 1 aromatic heterocycles. The molecule has 0 aliphatic carbocycles. The highest BCUT2D eigenvalue weighted by Gasteiger charge is 2.26. The monoisotopic (exact) mass is 387 g/mol. The van der Waals surface area contributed by atoms with Gasteiger partial charge in [0.1, 0.15) is 11.3 Å². The number of hydrogen-bond acceptors (Lipinski definition) is 5. The van der Waals surface area contributed by atoms with Crippen LogP contribution in [0.3, 0.4) is 0 Å². The number of fused-ring (bicyclic) bond motifs is 1. The molecule has 0 bridgehead atoms. The van der Waals surface area contributed by atoms with E-state index in [4.69, 9.17) is 13.9 Å². The normalized spacial score (nSPS) is 16.7. The molecule has 1 aromatic carbocycles. The van der Waals surface area contributed by atoms with Gasteiger partial charge >= 0.3 is 5.63 Å². The Kier molecular flexibility index (Phi) is 6.39. The van der Waals surface area contributed by atoms with E-state index in [2.05, 4.69) is 6.92 Å². The molecule has 1 aliphatic rings. The van der Waals surface area contributed by atoms with Gasteiger partial charge in [-0.3, -0.25) is 4.79 Å². The smallest absolute Gasteiger partial charge is 0.339 e. The molecule has 1 saturated heterocycles. The predicted octanol–water partition coefficient (Wildman–Crippen LogP) is 3.37. The average Bonchev–Trinajstić information content (AvgIpc) is 3.13. The lowest BCUT2D eigenvalue weighted by Crippen LogP contribution is -2.33. The van der Waals surface area contributed by atoms with Gasteiger partial charge in [0.05, 0.1) is 12.0 Å². The first-order chi connectivity index (χ1) is 13.4. The third kappa shape index (κ3) is 4.38. The highest BCUT2D eigenvalue weighted by molar-refractivity contribution is 5.88. The fourth-order valence-electron chi connectivity index (χ4n) is 3.62. The predicted molar refractivity (Wildman–Crippen MR) is 108 cm³/mol. The summed E-state index contributed by atoms with van der Waals surface area (Å²) in [6.45, 7) is 10.5. The van der Waals surface area contributed by atoms with E-state index in [1.165, 1.54) is 0 Å². The van der Waals surface area contributed by atoms with Crippen LogP contribution in [0.1, 0.15) is 36.5 Å². The topological polar surface area (TPSA) is 69.0 Å². The first-order valence-electron chi connectivity index (χ1n) is 9.93. The molecule has 1 aliphatic heterocycles. The van der Waals surface area contributed by atoms with Crippen molar-refractivity contribution in [1.82, 2.24) is 4.90 Å². The number of likely N-dealkylation sites (tertiary alicyclic amines) is 1. The summed E-state index contributed by atoms with van der Waals surface area (Å²) in [6, 6.07) is 3.70. The highest BCUT2D eigenvalue weighted by atomic mass is 16.5. The molecule has 1 amide bonds. The minimum Gasteiger partial charge on any atom is -0.483 e. The summed E-state index contributed by atoms with van der Waals surface area (Å²) in [6.07, 6.45) is 1.97. The van der Waals surface area contributed by atoms with Gasteiger partial charge in [-0.05, 0) is 56.9 Å². The van der Waals surface area contributed by atoms with Crippen LogP contribution in [0.25, 0.3) is 11.0 Å². The van der Waals surface area contributed by atoms with Crippen LogP contribution < -0.4 is 10.4 Å². The molecule has 152 valence electrons. The van der Waals surface area contributed by atoms with Crippen LogP contribution in [0.4, 0.5) is 0 Å². The van der Waals surface area contributed by atoms with E-state index in [9.17, 15) is 9.59 Å². The fraction of sp³-hybridized carbons (Fsp3) is 0.545. The molecule has 1 fully saturated rings. The molecule has 0 spiro atoms. The number of carbonyl (C=O) groups excluding carboxylic acids is 1. The Morgan fingerprint density at radius 2 is 2.04 bits per heavy atom. The molecule has 6 heteroatoms. The van der Waals surface area contributed by atoms with E-state index in [0.29, 0.717) is 36.0 Å². The van der Waals surface area contributed by atoms with Crippen LogP contribution >= 0.6 is 0 Å². The van der Waals surface area contributed by atoms with Gasteiger partial charge in [-0.15, -0.1) is 0 Å². The number of carbonyl (C=O) groups is 1. The Bertz CT molecular complexity index is 917. The van der Waals surface area contributed by atoms with Crippen molar-refractivity contribution >= 4 is 16.9 Å². The second-order valence-corrected chi connectivity index (χ2v) is 7.63. The van der Waals surface area contributed by atoms with Crippen molar-refractivity contribution in [3.8, 4) is 5.75 Å². The van der Waals surface area contributed by atoms with Crippen molar-refractivity contribution in [3.63, 3.8) is 0 Å². The first-order valence-corrected chi connectivity index (χ1v) is 9.93. The van der Waals surface area contributed by atoms with E-state index in [0.717, 1.165) is 42.5 Å². The van der Waals surface area contributed by atoms with Crippen LogP contribution in [-0.2, 0) is 9.53 Å². The first kappa shape index (κ1) is 20.4. The van der Waals surface area contributed by atoms with E-state index >= 15 is 0 Å². The number of ether oxygens (including phenoxy) is 2. The number of nitrogens with zero attached hydrogens (tertiary/aromatic N) is 1. The van der Waals surface area contributed by atoms with Gasteiger partial charge in [-0.2, -0.15) is 0 Å². The summed E-state index contributed by atoms with van der Waals surface area (Å²) in [4.78, 5) is 26.4. The van der Waals surface area contributed by atoms with Crippen molar-refractivity contribution < 1.29 is 18.7 Å². The van der Waals surface area contributed by atoms with Gasteiger partial charge in [-0.1, -0.05) is 6.92 Å². The van der Waals surface area contributed by atoms with Crippen LogP contribution in [0.2, 0.25) is 0 Å². The second-order valence-electron chi connectivity index (χ2n) is 7.63. The molecule has 2 heterocycles. The summed E-state index contributed by atoms with van der Waals surface area (Å²) in [5.41, 5.74) is 2.44. The largest absolute Gasteiger partial charge is 0.483 e. The maximum atomic E-state index is 12.6. The zero-order valence-corrected chi connectivity index (χ0v) is 17.2. The summed E-state index contributed by atoms with van der Waals surface area (Å²) >= 11 is 0. The molecular weight excluding hydrogens is 358 g/mol. The van der Waals surface area contributed by atoms with Gasteiger partial charge in [0.25, 0.3) is 5.91 Å². The van der Waals surface area contributed by atoms with Crippen molar-refractivity contribution in [3.05, 3.63) is 39.2 Å². The number of hydrogen-bond donors (Lipinski definition) is 0. The molecule has 28 heavy (non-hydrogen) atoms. The van der Waals surface area contributed by atoms with Crippen LogP contribution in [0.15, 0.2) is 21.3 Å². The zero-order chi connectivity index (χ0) is 20.3.